The summed E-state index contributed by atoms with van der Waals surface area (Å²) in [6.45, 7) is 1.34. The van der Waals surface area contributed by atoms with Gasteiger partial charge in [-0.25, -0.2) is 4.98 Å². The molecule has 8 heteroatoms. The summed E-state index contributed by atoms with van der Waals surface area (Å²) in [5.74, 6) is 1.65. The molecule has 0 bridgehead atoms. The van der Waals surface area contributed by atoms with Crippen LogP contribution in [0.3, 0.4) is 0 Å². The minimum Gasteiger partial charge on any atom is -0.497 e. The third-order valence-corrected chi connectivity index (χ3v) is 8.00. The number of benzene rings is 2. The number of amides is 1. The SMILES string of the molecule is COc1ccc(SCCC(=O)N(CC2CCCO2)c2nc3c(SC)cccc3s2)cc1. The van der Waals surface area contributed by atoms with Crippen LogP contribution >= 0.6 is 34.9 Å². The normalized spacial score (nSPS) is 16.0. The van der Waals surface area contributed by atoms with Crippen LogP contribution in [-0.4, -0.2) is 49.3 Å². The van der Waals surface area contributed by atoms with E-state index in [1.807, 2.05) is 35.2 Å². The van der Waals surface area contributed by atoms with E-state index in [2.05, 4.69) is 18.4 Å². The van der Waals surface area contributed by atoms with Gasteiger partial charge >= 0.3 is 0 Å². The Morgan fingerprint density at radius 1 is 1.29 bits per heavy atom. The van der Waals surface area contributed by atoms with Crippen LogP contribution in [0.5, 0.6) is 5.75 Å². The van der Waals surface area contributed by atoms with Crippen molar-refractivity contribution >= 4 is 56.1 Å². The number of nitrogens with zero attached hydrogens (tertiary/aromatic N) is 2. The van der Waals surface area contributed by atoms with Crippen LogP contribution in [0, 0.1) is 0 Å². The van der Waals surface area contributed by atoms with Gasteiger partial charge in [0, 0.05) is 28.6 Å². The van der Waals surface area contributed by atoms with Crippen molar-refractivity contribution in [1.29, 1.82) is 0 Å². The number of aromatic nitrogens is 1. The number of fused-ring (bicyclic) bond motifs is 1. The molecule has 1 aliphatic heterocycles. The second-order valence-corrected chi connectivity index (χ2v) is 10.2. The summed E-state index contributed by atoms with van der Waals surface area (Å²) in [4.78, 5) is 22.2. The summed E-state index contributed by atoms with van der Waals surface area (Å²) in [5.41, 5.74) is 0.979. The minimum atomic E-state index is 0.0882. The van der Waals surface area contributed by atoms with Crippen molar-refractivity contribution in [2.75, 3.05) is 37.2 Å². The van der Waals surface area contributed by atoms with Gasteiger partial charge in [0.2, 0.25) is 5.91 Å². The number of carbonyl (C=O) groups excluding carboxylic acids is 1. The molecule has 2 heterocycles. The molecule has 164 valence electrons. The zero-order valence-electron chi connectivity index (χ0n) is 17.7. The molecule has 1 aromatic heterocycles. The maximum atomic E-state index is 13.3. The molecule has 1 unspecified atom stereocenters. The largest absolute Gasteiger partial charge is 0.497 e. The van der Waals surface area contributed by atoms with Gasteiger partial charge in [-0.2, -0.15) is 0 Å². The first kappa shape index (κ1) is 22.5. The molecule has 1 fully saturated rings. The van der Waals surface area contributed by atoms with E-state index in [1.165, 1.54) is 0 Å². The van der Waals surface area contributed by atoms with Gasteiger partial charge in [-0.05, 0) is 55.5 Å². The Bertz CT molecular complexity index is 1020. The van der Waals surface area contributed by atoms with Crippen LogP contribution in [-0.2, 0) is 9.53 Å². The maximum absolute atomic E-state index is 13.3. The van der Waals surface area contributed by atoms with Crippen molar-refractivity contribution in [3.05, 3.63) is 42.5 Å². The van der Waals surface area contributed by atoms with Gasteiger partial charge in [-0.1, -0.05) is 17.4 Å². The van der Waals surface area contributed by atoms with Crippen LogP contribution in [0.25, 0.3) is 10.2 Å². The fraction of sp³-hybridized carbons (Fsp3) is 0.391. The van der Waals surface area contributed by atoms with Crippen LogP contribution < -0.4 is 9.64 Å². The minimum absolute atomic E-state index is 0.0882. The molecular formula is C23H26N2O3S3. The van der Waals surface area contributed by atoms with Crippen LogP contribution in [0.15, 0.2) is 52.3 Å². The highest BCUT2D eigenvalue weighted by Crippen LogP contribution is 2.35. The zero-order valence-corrected chi connectivity index (χ0v) is 20.2. The number of anilines is 1. The van der Waals surface area contributed by atoms with Crippen molar-refractivity contribution in [3.63, 3.8) is 0 Å². The molecule has 0 N–H and O–H groups in total. The Morgan fingerprint density at radius 2 is 2.13 bits per heavy atom. The first-order chi connectivity index (χ1) is 15.2. The van der Waals surface area contributed by atoms with Crippen molar-refractivity contribution in [3.8, 4) is 5.75 Å². The zero-order chi connectivity index (χ0) is 21.6. The number of hydrogen-bond acceptors (Lipinski definition) is 7. The Balaban J connectivity index is 1.48. The van der Waals surface area contributed by atoms with Gasteiger partial charge < -0.3 is 9.47 Å². The second-order valence-electron chi connectivity index (χ2n) is 7.22. The third-order valence-electron chi connectivity index (χ3n) is 5.18. The lowest BCUT2D eigenvalue weighted by atomic mass is 10.2. The van der Waals surface area contributed by atoms with Crippen LogP contribution in [0.1, 0.15) is 19.3 Å². The Hall–Kier alpha value is -1.74. The number of methoxy groups -OCH3 is 1. The van der Waals surface area contributed by atoms with Crippen molar-refractivity contribution in [2.24, 2.45) is 0 Å². The quantitative estimate of drug-likeness (QED) is 0.370. The first-order valence-corrected chi connectivity index (χ1v) is 13.3. The molecule has 2 aromatic carbocycles. The van der Waals surface area contributed by atoms with E-state index < -0.39 is 0 Å². The van der Waals surface area contributed by atoms with Crippen molar-refractivity contribution < 1.29 is 14.3 Å². The Labute approximate surface area is 195 Å². The average Bonchev–Trinajstić information content (AvgIpc) is 3.47. The number of ether oxygens (including phenoxy) is 2. The molecule has 4 rings (SSSR count). The summed E-state index contributed by atoms with van der Waals surface area (Å²) in [6.07, 6.45) is 4.64. The second kappa shape index (κ2) is 10.7. The van der Waals surface area contributed by atoms with Gasteiger partial charge in [0.25, 0.3) is 0 Å². The van der Waals surface area contributed by atoms with Gasteiger partial charge in [-0.15, -0.1) is 23.5 Å². The molecule has 31 heavy (non-hydrogen) atoms. The van der Waals surface area contributed by atoms with E-state index >= 15 is 0 Å². The van der Waals surface area contributed by atoms with Gasteiger partial charge in [-0.3, -0.25) is 9.69 Å². The molecule has 0 radical (unpaired) electrons. The topological polar surface area (TPSA) is 51.7 Å². The fourth-order valence-corrected chi connectivity index (χ4v) is 6.02. The molecular weight excluding hydrogens is 448 g/mol. The number of thiazole rings is 1. The Kier molecular flexibility index (Phi) is 7.76. The smallest absolute Gasteiger partial charge is 0.229 e. The molecule has 1 amide bonds. The van der Waals surface area contributed by atoms with E-state index in [1.54, 1.807) is 42.0 Å². The highest BCUT2D eigenvalue weighted by atomic mass is 32.2. The van der Waals surface area contributed by atoms with Crippen molar-refractivity contribution in [1.82, 2.24) is 4.98 Å². The van der Waals surface area contributed by atoms with E-state index in [0.29, 0.717) is 18.7 Å². The van der Waals surface area contributed by atoms with Gasteiger partial charge in [0.1, 0.15) is 5.75 Å². The predicted octanol–water partition coefficient (Wildman–Crippen LogP) is 5.72. The molecule has 3 aromatic rings. The molecule has 0 aliphatic carbocycles. The fourth-order valence-electron chi connectivity index (χ4n) is 3.53. The van der Waals surface area contributed by atoms with Crippen LogP contribution in [0.4, 0.5) is 5.13 Å². The maximum Gasteiger partial charge on any atom is 0.229 e. The summed E-state index contributed by atoms with van der Waals surface area (Å²) in [6, 6.07) is 14.1. The molecule has 0 saturated carbocycles. The highest BCUT2D eigenvalue weighted by Gasteiger charge is 2.26. The predicted molar refractivity (Wildman–Crippen MR) is 131 cm³/mol. The summed E-state index contributed by atoms with van der Waals surface area (Å²) in [5, 5.41) is 0.770. The number of carbonyl (C=O) groups is 1. The number of rotatable bonds is 9. The summed E-state index contributed by atoms with van der Waals surface area (Å²) >= 11 is 4.95. The van der Waals surface area contributed by atoms with Gasteiger partial charge in [0.05, 0.1) is 30.0 Å². The number of hydrogen-bond donors (Lipinski definition) is 0. The molecule has 1 saturated heterocycles. The highest BCUT2D eigenvalue weighted by molar-refractivity contribution is 7.99. The first-order valence-electron chi connectivity index (χ1n) is 10.3. The molecule has 0 spiro atoms. The van der Waals surface area contributed by atoms with E-state index in [9.17, 15) is 4.79 Å². The number of para-hydroxylation sites is 1. The number of thioether (sulfide) groups is 2. The average molecular weight is 475 g/mol. The Morgan fingerprint density at radius 3 is 2.84 bits per heavy atom. The monoisotopic (exact) mass is 474 g/mol. The van der Waals surface area contributed by atoms with Gasteiger partial charge in [0.15, 0.2) is 5.13 Å². The summed E-state index contributed by atoms with van der Waals surface area (Å²) < 4.78 is 12.2. The van der Waals surface area contributed by atoms with Crippen molar-refractivity contribution in [2.45, 2.75) is 35.2 Å². The lowest BCUT2D eigenvalue weighted by molar-refractivity contribution is -0.118. The lowest BCUT2D eigenvalue weighted by Gasteiger charge is -2.23. The standard InChI is InChI=1S/C23H26N2O3S3/c1-27-16-8-10-18(11-9-16)30-14-12-21(26)25(15-17-5-4-13-28-17)23-24-22-19(29-2)6-3-7-20(22)31-23/h3,6-11,17H,4-5,12-15H2,1-2H3. The van der Waals surface area contributed by atoms with E-state index in [-0.39, 0.29) is 12.0 Å². The molecule has 1 atom stereocenters. The third kappa shape index (κ3) is 5.55. The van der Waals surface area contributed by atoms with E-state index in [0.717, 1.165) is 50.3 Å². The molecule has 1 aliphatic rings. The lowest BCUT2D eigenvalue weighted by Crippen LogP contribution is -2.37. The molecule has 5 nitrogen and oxygen atoms in total. The van der Waals surface area contributed by atoms with Crippen LogP contribution in [0.2, 0.25) is 0 Å². The summed E-state index contributed by atoms with van der Waals surface area (Å²) in [7, 11) is 1.66. The van der Waals surface area contributed by atoms with E-state index in [4.69, 9.17) is 14.5 Å².